The van der Waals surface area contributed by atoms with Gasteiger partial charge in [-0.15, -0.1) is 0 Å². The zero-order valence-corrected chi connectivity index (χ0v) is 13.1. The molecule has 0 atom stereocenters. The van der Waals surface area contributed by atoms with E-state index in [2.05, 4.69) is 15.4 Å². The van der Waals surface area contributed by atoms with Crippen LogP contribution in [0.5, 0.6) is 0 Å². The van der Waals surface area contributed by atoms with Crippen LogP contribution >= 0.6 is 0 Å². The number of anilines is 1. The molecule has 0 aliphatic rings. The van der Waals surface area contributed by atoms with Crippen LogP contribution in [-0.4, -0.2) is 31.4 Å². The highest BCUT2D eigenvalue weighted by molar-refractivity contribution is 6.00. The Balaban J connectivity index is 1.94. The summed E-state index contributed by atoms with van der Waals surface area (Å²) >= 11 is 0. The second kappa shape index (κ2) is 8.00. The summed E-state index contributed by atoms with van der Waals surface area (Å²) in [5, 5.41) is 4.70. The van der Waals surface area contributed by atoms with Gasteiger partial charge in [0.1, 0.15) is 11.6 Å². The van der Waals surface area contributed by atoms with Gasteiger partial charge in [-0.05, 0) is 30.3 Å². The maximum absolute atomic E-state index is 13.5. The van der Waals surface area contributed by atoms with Crippen molar-refractivity contribution in [2.24, 2.45) is 0 Å². The molecule has 0 spiro atoms. The number of benzene rings is 2. The minimum absolute atomic E-state index is 0.248. The predicted octanol–water partition coefficient (Wildman–Crippen LogP) is 2.12. The van der Waals surface area contributed by atoms with Crippen LogP contribution < -0.4 is 10.6 Å². The first-order valence-corrected chi connectivity index (χ1v) is 7.12. The van der Waals surface area contributed by atoms with Gasteiger partial charge in [-0.1, -0.05) is 6.07 Å². The summed E-state index contributed by atoms with van der Waals surface area (Å²) in [7, 11) is 1.23. The van der Waals surface area contributed by atoms with Gasteiger partial charge in [-0.2, -0.15) is 0 Å². The molecule has 2 N–H and O–H groups in total. The lowest BCUT2D eigenvalue weighted by atomic mass is 10.2. The van der Waals surface area contributed by atoms with Crippen molar-refractivity contribution >= 4 is 23.5 Å². The van der Waals surface area contributed by atoms with Crippen LogP contribution in [0.4, 0.5) is 14.5 Å². The van der Waals surface area contributed by atoms with Gasteiger partial charge >= 0.3 is 5.97 Å². The molecule has 0 aliphatic heterocycles. The Hall–Kier alpha value is -3.29. The van der Waals surface area contributed by atoms with Crippen LogP contribution in [0.1, 0.15) is 20.7 Å². The van der Waals surface area contributed by atoms with Gasteiger partial charge in [0.2, 0.25) is 5.91 Å². The minimum atomic E-state index is -1.02. The molecule has 0 aromatic heterocycles. The Morgan fingerprint density at radius 2 is 1.84 bits per heavy atom. The number of nitrogens with one attached hydrogen (secondary N) is 2. The lowest BCUT2D eigenvalue weighted by Crippen LogP contribution is -2.33. The molecule has 0 radical (unpaired) electrons. The predicted molar refractivity (Wildman–Crippen MR) is 85.1 cm³/mol. The van der Waals surface area contributed by atoms with E-state index in [1.54, 1.807) is 12.1 Å². The molecule has 0 bridgehead atoms. The third-order valence-corrected chi connectivity index (χ3v) is 3.15. The quantitative estimate of drug-likeness (QED) is 0.811. The molecule has 25 heavy (non-hydrogen) atoms. The molecule has 2 amide bonds. The largest absolute Gasteiger partial charge is 0.465 e. The highest BCUT2D eigenvalue weighted by atomic mass is 19.1. The fourth-order valence-corrected chi connectivity index (χ4v) is 1.98. The Morgan fingerprint density at radius 3 is 2.52 bits per heavy atom. The molecule has 8 heteroatoms. The number of hydrogen-bond acceptors (Lipinski definition) is 4. The highest BCUT2D eigenvalue weighted by Crippen LogP contribution is 2.12. The van der Waals surface area contributed by atoms with Crippen LogP contribution in [0, 0.1) is 11.6 Å². The average molecular weight is 348 g/mol. The van der Waals surface area contributed by atoms with E-state index >= 15 is 0 Å². The number of carbonyl (C=O) groups is 3. The van der Waals surface area contributed by atoms with Crippen molar-refractivity contribution in [3.05, 3.63) is 65.2 Å². The van der Waals surface area contributed by atoms with E-state index in [0.29, 0.717) is 11.8 Å². The Kier molecular flexibility index (Phi) is 5.78. The van der Waals surface area contributed by atoms with Crippen LogP contribution in [-0.2, 0) is 9.53 Å². The fraction of sp³-hybridized carbons (Fsp3) is 0.118. The Bertz CT molecular complexity index is 824. The summed E-state index contributed by atoms with van der Waals surface area (Å²) in [5.41, 5.74) is 0.203. The van der Waals surface area contributed by atoms with E-state index in [4.69, 9.17) is 0 Å². The second-order valence-electron chi connectivity index (χ2n) is 4.93. The molecule has 2 aromatic rings. The van der Waals surface area contributed by atoms with E-state index in [9.17, 15) is 23.2 Å². The summed E-state index contributed by atoms with van der Waals surface area (Å²) in [6, 6.07) is 8.52. The first-order valence-electron chi connectivity index (χ1n) is 7.12. The number of methoxy groups -OCH3 is 1. The molecule has 0 saturated carbocycles. The fourth-order valence-electron chi connectivity index (χ4n) is 1.98. The summed E-state index contributed by atoms with van der Waals surface area (Å²) in [5.74, 6) is -3.83. The Labute approximate surface area is 141 Å². The number of esters is 1. The average Bonchev–Trinajstić information content (AvgIpc) is 2.59. The molecule has 130 valence electrons. The van der Waals surface area contributed by atoms with Crippen molar-refractivity contribution in [3.63, 3.8) is 0 Å². The summed E-state index contributed by atoms with van der Waals surface area (Å²) < 4.78 is 30.9. The van der Waals surface area contributed by atoms with Gasteiger partial charge in [0.25, 0.3) is 5.91 Å². The van der Waals surface area contributed by atoms with Gasteiger partial charge in [-0.25, -0.2) is 13.6 Å². The third kappa shape index (κ3) is 4.84. The Morgan fingerprint density at radius 1 is 1.08 bits per heavy atom. The summed E-state index contributed by atoms with van der Waals surface area (Å²) in [6.45, 7) is -0.432. The van der Waals surface area contributed by atoms with E-state index in [1.165, 1.54) is 19.2 Å². The first-order chi connectivity index (χ1) is 11.9. The number of halogens is 2. The number of hydrogen-bond donors (Lipinski definition) is 2. The monoisotopic (exact) mass is 348 g/mol. The SMILES string of the molecule is COC(=O)c1cccc(NC(=O)CNC(=O)c2ccc(F)cc2F)c1. The molecule has 0 unspecified atom stereocenters. The highest BCUT2D eigenvalue weighted by Gasteiger charge is 2.14. The molecule has 6 nitrogen and oxygen atoms in total. The standard InChI is InChI=1S/C17H14F2N2O4/c1-25-17(24)10-3-2-4-12(7-10)21-15(22)9-20-16(23)13-6-5-11(18)8-14(13)19/h2-8H,9H2,1H3,(H,20,23)(H,21,22). The smallest absolute Gasteiger partial charge is 0.337 e. The summed E-state index contributed by atoms with van der Waals surface area (Å²) in [4.78, 5) is 35.1. The molecular weight excluding hydrogens is 334 g/mol. The maximum Gasteiger partial charge on any atom is 0.337 e. The van der Waals surface area contributed by atoms with E-state index in [1.807, 2.05) is 0 Å². The molecule has 0 fully saturated rings. The van der Waals surface area contributed by atoms with Gasteiger partial charge in [-0.3, -0.25) is 9.59 Å². The normalized spacial score (nSPS) is 10.0. The van der Waals surface area contributed by atoms with E-state index in [-0.39, 0.29) is 11.1 Å². The topological polar surface area (TPSA) is 84.5 Å². The number of ether oxygens (including phenoxy) is 1. The van der Waals surface area contributed by atoms with E-state index < -0.39 is 36.0 Å². The molecule has 0 aliphatic carbocycles. The summed E-state index contributed by atoms with van der Waals surface area (Å²) in [6.07, 6.45) is 0. The van der Waals surface area contributed by atoms with Gasteiger partial charge in [0, 0.05) is 11.8 Å². The number of carbonyl (C=O) groups excluding carboxylic acids is 3. The van der Waals surface area contributed by atoms with Crippen LogP contribution in [0.3, 0.4) is 0 Å². The minimum Gasteiger partial charge on any atom is -0.465 e. The van der Waals surface area contributed by atoms with Crippen LogP contribution in [0.2, 0.25) is 0 Å². The zero-order chi connectivity index (χ0) is 18.4. The molecule has 2 aromatic carbocycles. The van der Waals surface area contributed by atoms with Crippen molar-refractivity contribution in [2.75, 3.05) is 19.0 Å². The van der Waals surface area contributed by atoms with Gasteiger partial charge < -0.3 is 15.4 Å². The third-order valence-electron chi connectivity index (χ3n) is 3.15. The van der Waals surface area contributed by atoms with Crippen molar-refractivity contribution in [1.29, 1.82) is 0 Å². The number of rotatable bonds is 5. The van der Waals surface area contributed by atoms with Crippen molar-refractivity contribution in [1.82, 2.24) is 5.32 Å². The van der Waals surface area contributed by atoms with Crippen molar-refractivity contribution < 1.29 is 27.9 Å². The second-order valence-corrected chi connectivity index (χ2v) is 4.93. The lowest BCUT2D eigenvalue weighted by Gasteiger charge is -2.08. The molecule has 0 saturated heterocycles. The van der Waals surface area contributed by atoms with E-state index in [0.717, 1.165) is 12.1 Å². The molecule has 0 heterocycles. The van der Waals surface area contributed by atoms with Crippen LogP contribution in [0.25, 0.3) is 0 Å². The van der Waals surface area contributed by atoms with Gasteiger partial charge in [0.15, 0.2) is 0 Å². The molecule has 2 rings (SSSR count). The van der Waals surface area contributed by atoms with Crippen molar-refractivity contribution in [2.45, 2.75) is 0 Å². The maximum atomic E-state index is 13.5. The lowest BCUT2D eigenvalue weighted by molar-refractivity contribution is -0.115. The zero-order valence-electron chi connectivity index (χ0n) is 13.1. The van der Waals surface area contributed by atoms with Gasteiger partial charge in [0.05, 0.1) is 24.8 Å². The van der Waals surface area contributed by atoms with Crippen LogP contribution in [0.15, 0.2) is 42.5 Å². The molecular formula is C17H14F2N2O4. The van der Waals surface area contributed by atoms with Crippen molar-refractivity contribution in [3.8, 4) is 0 Å². The first kappa shape index (κ1) is 18.1. The number of amides is 2.